The average molecular weight is 384 g/mol. The molecule has 0 bridgehead atoms. The highest BCUT2D eigenvalue weighted by atomic mass is 79.9. The van der Waals surface area contributed by atoms with Gasteiger partial charge in [0, 0.05) is 24.0 Å². The van der Waals surface area contributed by atoms with Gasteiger partial charge in [-0.1, -0.05) is 15.9 Å². The van der Waals surface area contributed by atoms with E-state index in [2.05, 4.69) is 15.9 Å². The van der Waals surface area contributed by atoms with E-state index in [0.717, 1.165) is 35.2 Å². The quantitative estimate of drug-likeness (QED) is 0.819. The van der Waals surface area contributed by atoms with E-state index in [-0.39, 0.29) is 18.2 Å². The number of hydrogen-bond donors (Lipinski definition) is 1. The molecular weight excluding hydrogens is 362 g/mol. The van der Waals surface area contributed by atoms with Gasteiger partial charge in [-0.15, -0.1) is 0 Å². The fourth-order valence-corrected chi connectivity index (χ4v) is 3.33. The van der Waals surface area contributed by atoms with E-state index in [1.807, 2.05) is 23.1 Å². The van der Waals surface area contributed by atoms with Crippen molar-refractivity contribution in [2.75, 3.05) is 20.2 Å². The van der Waals surface area contributed by atoms with E-state index < -0.39 is 5.97 Å². The lowest BCUT2D eigenvalue weighted by Crippen LogP contribution is -2.40. The van der Waals surface area contributed by atoms with Crippen molar-refractivity contribution in [1.82, 2.24) is 4.90 Å². The summed E-state index contributed by atoms with van der Waals surface area (Å²) in [5, 5.41) is 8.80. The Kier molecular flexibility index (Phi) is 6.45. The number of ether oxygens (including phenoxy) is 1. The van der Waals surface area contributed by atoms with Gasteiger partial charge in [-0.3, -0.25) is 9.59 Å². The number of benzene rings is 1. The summed E-state index contributed by atoms with van der Waals surface area (Å²) in [6, 6.07) is 5.60. The first-order valence-electron chi connectivity index (χ1n) is 7.81. The summed E-state index contributed by atoms with van der Waals surface area (Å²) in [4.78, 5) is 25.1. The van der Waals surface area contributed by atoms with Crippen molar-refractivity contribution in [2.24, 2.45) is 5.92 Å². The number of carbonyl (C=O) groups excluding carboxylic acids is 1. The number of halogens is 1. The summed E-state index contributed by atoms with van der Waals surface area (Å²) in [6.07, 6.45) is 3.08. The van der Waals surface area contributed by atoms with Gasteiger partial charge in [0.25, 0.3) is 0 Å². The predicted molar refractivity (Wildman–Crippen MR) is 90.6 cm³/mol. The molecule has 126 valence electrons. The Morgan fingerprint density at radius 3 is 2.91 bits per heavy atom. The zero-order valence-electron chi connectivity index (χ0n) is 13.3. The standard InChI is InChI=1S/C17H22BrNO4/c1-23-14-5-6-15(18)13(9-14)10-16(20)19-8-2-3-12(11-19)4-7-17(21)22/h5-6,9,12H,2-4,7-8,10-11H2,1H3,(H,21,22)/t12-/m1/s1. The normalized spacial score (nSPS) is 17.8. The summed E-state index contributed by atoms with van der Waals surface area (Å²) < 4.78 is 6.10. The van der Waals surface area contributed by atoms with E-state index in [4.69, 9.17) is 9.84 Å². The minimum atomic E-state index is -0.770. The molecule has 1 aromatic carbocycles. The predicted octanol–water partition coefficient (Wildman–Crippen LogP) is 3.10. The number of carbonyl (C=O) groups is 2. The molecule has 0 radical (unpaired) electrons. The molecule has 1 aliphatic rings. The summed E-state index contributed by atoms with van der Waals surface area (Å²) in [7, 11) is 1.60. The molecule has 1 amide bonds. The van der Waals surface area contributed by atoms with E-state index >= 15 is 0 Å². The molecule has 2 rings (SSSR count). The van der Waals surface area contributed by atoms with Gasteiger partial charge in [-0.25, -0.2) is 0 Å². The highest BCUT2D eigenvalue weighted by Crippen LogP contribution is 2.25. The first kappa shape index (κ1) is 17.8. The van der Waals surface area contributed by atoms with Crippen LogP contribution in [0.5, 0.6) is 5.75 Å². The number of carboxylic acids is 1. The van der Waals surface area contributed by atoms with Crippen molar-refractivity contribution >= 4 is 27.8 Å². The number of hydrogen-bond acceptors (Lipinski definition) is 3. The van der Waals surface area contributed by atoms with Crippen LogP contribution in [0.3, 0.4) is 0 Å². The molecule has 0 aromatic heterocycles. The van der Waals surface area contributed by atoms with Crippen LogP contribution in [0.15, 0.2) is 22.7 Å². The molecule has 1 N–H and O–H groups in total. The Balaban J connectivity index is 1.96. The van der Waals surface area contributed by atoms with Crippen LogP contribution in [-0.2, 0) is 16.0 Å². The molecule has 0 aliphatic carbocycles. The van der Waals surface area contributed by atoms with Crippen LogP contribution in [-0.4, -0.2) is 42.1 Å². The van der Waals surface area contributed by atoms with Gasteiger partial charge < -0.3 is 14.7 Å². The Labute approximate surface area is 144 Å². The molecule has 1 aromatic rings. The number of amides is 1. The number of rotatable bonds is 6. The molecule has 1 heterocycles. The molecule has 1 saturated heterocycles. The third kappa shape index (κ3) is 5.23. The van der Waals surface area contributed by atoms with Crippen molar-refractivity contribution < 1.29 is 19.4 Å². The maximum atomic E-state index is 12.6. The van der Waals surface area contributed by atoms with Crippen molar-refractivity contribution in [2.45, 2.75) is 32.1 Å². The zero-order valence-corrected chi connectivity index (χ0v) is 14.8. The van der Waals surface area contributed by atoms with Gasteiger partial charge in [-0.2, -0.15) is 0 Å². The van der Waals surface area contributed by atoms with Gasteiger partial charge in [0.15, 0.2) is 0 Å². The summed E-state index contributed by atoms with van der Waals surface area (Å²) in [6.45, 7) is 1.41. The fourth-order valence-electron chi connectivity index (χ4n) is 2.94. The smallest absolute Gasteiger partial charge is 0.303 e. The second-order valence-corrected chi connectivity index (χ2v) is 6.77. The van der Waals surface area contributed by atoms with Crippen LogP contribution in [0.1, 0.15) is 31.2 Å². The zero-order chi connectivity index (χ0) is 16.8. The molecule has 23 heavy (non-hydrogen) atoms. The number of carboxylic acid groups (broad SMARTS) is 1. The van der Waals surface area contributed by atoms with Crippen LogP contribution in [0.2, 0.25) is 0 Å². The second kappa shape index (κ2) is 8.34. The number of piperidine rings is 1. The van der Waals surface area contributed by atoms with E-state index in [1.165, 1.54) is 0 Å². The molecular formula is C17H22BrNO4. The monoisotopic (exact) mass is 383 g/mol. The van der Waals surface area contributed by atoms with Crippen LogP contribution in [0, 0.1) is 5.92 Å². The van der Waals surface area contributed by atoms with Crippen LogP contribution in [0.4, 0.5) is 0 Å². The minimum absolute atomic E-state index is 0.0824. The number of methoxy groups -OCH3 is 1. The maximum absolute atomic E-state index is 12.6. The molecule has 1 atom stereocenters. The molecule has 6 heteroatoms. The van der Waals surface area contributed by atoms with Crippen molar-refractivity contribution in [3.05, 3.63) is 28.2 Å². The van der Waals surface area contributed by atoms with Crippen LogP contribution >= 0.6 is 15.9 Å². The first-order chi connectivity index (χ1) is 11.0. The number of likely N-dealkylation sites (tertiary alicyclic amines) is 1. The van der Waals surface area contributed by atoms with Gasteiger partial charge >= 0.3 is 5.97 Å². The Hall–Kier alpha value is -1.56. The molecule has 1 aliphatic heterocycles. The lowest BCUT2D eigenvalue weighted by atomic mass is 9.93. The van der Waals surface area contributed by atoms with E-state index in [9.17, 15) is 9.59 Å². The third-order valence-electron chi connectivity index (χ3n) is 4.23. The fraction of sp³-hybridized carbons (Fsp3) is 0.529. The van der Waals surface area contributed by atoms with Gasteiger partial charge in [0.1, 0.15) is 5.75 Å². The molecule has 5 nitrogen and oxygen atoms in total. The van der Waals surface area contributed by atoms with Crippen molar-refractivity contribution in [3.63, 3.8) is 0 Å². The lowest BCUT2D eigenvalue weighted by Gasteiger charge is -2.33. The van der Waals surface area contributed by atoms with Gasteiger partial charge in [0.2, 0.25) is 5.91 Å². The maximum Gasteiger partial charge on any atom is 0.303 e. The summed E-state index contributed by atoms with van der Waals surface area (Å²) >= 11 is 3.47. The second-order valence-electron chi connectivity index (χ2n) is 5.91. The topological polar surface area (TPSA) is 66.8 Å². The molecule has 1 fully saturated rings. The Morgan fingerprint density at radius 2 is 2.22 bits per heavy atom. The lowest BCUT2D eigenvalue weighted by molar-refractivity contribution is -0.137. The van der Waals surface area contributed by atoms with Crippen molar-refractivity contribution in [1.29, 1.82) is 0 Å². The molecule has 0 spiro atoms. The van der Waals surface area contributed by atoms with Crippen molar-refractivity contribution in [3.8, 4) is 5.75 Å². The van der Waals surface area contributed by atoms with Crippen LogP contribution in [0.25, 0.3) is 0 Å². The summed E-state index contributed by atoms with van der Waals surface area (Å²) in [5.74, 6) is 0.333. The average Bonchev–Trinajstić information content (AvgIpc) is 2.55. The first-order valence-corrected chi connectivity index (χ1v) is 8.61. The Morgan fingerprint density at radius 1 is 1.43 bits per heavy atom. The van der Waals surface area contributed by atoms with E-state index in [0.29, 0.717) is 19.4 Å². The highest BCUT2D eigenvalue weighted by Gasteiger charge is 2.24. The van der Waals surface area contributed by atoms with E-state index in [1.54, 1.807) is 7.11 Å². The highest BCUT2D eigenvalue weighted by molar-refractivity contribution is 9.10. The van der Waals surface area contributed by atoms with Gasteiger partial charge in [0.05, 0.1) is 13.5 Å². The number of nitrogens with zero attached hydrogens (tertiary/aromatic N) is 1. The molecule has 0 saturated carbocycles. The third-order valence-corrected chi connectivity index (χ3v) is 5.01. The largest absolute Gasteiger partial charge is 0.497 e. The number of aliphatic carboxylic acids is 1. The molecule has 0 unspecified atom stereocenters. The van der Waals surface area contributed by atoms with Crippen LogP contribution < -0.4 is 4.74 Å². The summed E-state index contributed by atoms with van der Waals surface area (Å²) in [5.41, 5.74) is 0.905. The minimum Gasteiger partial charge on any atom is -0.497 e. The SMILES string of the molecule is COc1ccc(Br)c(CC(=O)N2CCC[C@H](CCC(=O)O)C2)c1. The Bertz CT molecular complexity index is 576. The van der Waals surface area contributed by atoms with Gasteiger partial charge in [-0.05, 0) is 48.9 Å².